The van der Waals surface area contributed by atoms with Gasteiger partial charge in [-0.2, -0.15) is 0 Å². The molecule has 0 radical (unpaired) electrons. The van der Waals surface area contributed by atoms with Crippen LogP contribution < -0.4 is 10.1 Å². The molecule has 1 fully saturated rings. The summed E-state index contributed by atoms with van der Waals surface area (Å²) in [5.41, 5.74) is 0.598. The highest BCUT2D eigenvalue weighted by molar-refractivity contribution is 5.93. The van der Waals surface area contributed by atoms with E-state index in [4.69, 9.17) is 4.74 Å². The van der Waals surface area contributed by atoms with Crippen molar-refractivity contribution in [2.24, 2.45) is 5.92 Å². The van der Waals surface area contributed by atoms with Crippen molar-refractivity contribution in [3.05, 3.63) is 24.3 Å². The number of carbonyl (C=O) groups excluding carboxylic acids is 1. The SMILES string of the molecule is O=C(Nc1cccc(OCCF)c1)C1CCCC1O. The molecule has 2 atom stereocenters. The van der Waals surface area contributed by atoms with E-state index in [2.05, 4.69) is 5.32 Å². The van der Waals surface area contributed by atoms with Gasteiger partial charge in [0.1, 0.15) is 19.0 Å². The largest absolute Gasteiger partial charge is 0.491 e. The third kappa shape index (κ3) is 3.67. The lowest BCUT2D eigenvalue weighted by Gasteiger charge is -2.14. The molecule has 4 nitrogen and oxygen atoms in total. The van der Waals surface area contributed by atoms with E-state index in [1.54, 1.807) is 24.3 Å². The average Bonchev–Trinajstić information content (AvgIpc) is 2.83. The van der Waals surface area contributed by atoms with Gasteiger partial charge in [-0.05, 0) is 31.4 Å². The third-order valence-corrected chi connectivity index (χ3v) is 3.26. The Morgan fingerprint density at radius 2 is 2.32 bits per heavy atom. The van der Waals surface area contributed by atoms with E-state index in [0.29, 0.717) is 24.3 Å². The summed E-state index contributed by atoms with van der Waals surface area (Å²) in [5.74, 6) is 0.00507. The van der Waals surface area contributed by atoms with Crippen molar-refractivity contribution >= 4 is 11.6 Å². The van der Waals surface area contributed by atoms with Gasteiger partial charge in [-0.25, -0.2) is 4.39 Å². The van der Waals surface area contributed by atoms with Gasteiger partial charge < -0.3 is 15.2 Å². The fourth-order valence-corrected chi connectivity index (χ4v) is 2.30. The molecule has 0 saturated heterocycles. The van der Waals surface area contributed by atoms with E-state index in [0.717, 1.165) is 6.42 Å². The second-order valence-corrected chi connectivity index (χ2v) is 4.66. The number of anilines is 1. The summed E-state index contributed by atoms with van der Waals surface area (Å²) < 4.78 is 17.2. The Morgan fingerprint density at radius 1 is 1.47 bits per heavy atom. The van der Waals surface area contributed by atoms with E-state index >= 15 is 0 Å². The first-order chi connectivity index (χ1) is 9.20. The second kappa shape index (κ2) is 6.52. The molecule has 1 amide bonds. The molecule has 1 aromatic rings. The lowest BCUT2D eigenvalue weighted by molar-refractivity contribution is -0.122. The Labute approximate surface area is 111 Å². The van der Waals surface area contributed by atoms with Crippen LogP contribution in [0.4, 0.5) is 10.1 Å². The monoisotopic (exact) mass is 267 g/mol. The predicted molar refractivity (Wildman–Crippen MR) is 69.9 cm³/mol. The highest BCUT2D eigenvalue weighted by Crippen LogP contribution is 2.27. The molecule has 19 heavy (non-hydrogen) atoms. The van der Waals surface area contributed by atoms with Crippen LogP contribution >= 0.6 is 0 Å². The van der Waals surface area contributed by atoms with Gasteiger partial charge in [0.15, 0.2) is 0 Å². The minimum Gasteiger partial charge on any atom is -0.491 e. The van der Waals surface area contributed by atoms with Gasteiger partial charge in [0.25, 0.3) is 0 Å². The average molecular weight is 267 g/mol. The number of benzene rings is 1. The number of hydrogen-bond donors (Lipinski definition) is 2. The summed E-state index contributed by atoms with van der Waals surface area (Å²) in [5, 5.41) is 12.4. The zero-order valence-corrected chi connectivity index (χ0v) is 10.6. The predicted octanol–water partition coefficient (Wildman–Crippen LogP) is 2.13. The zero-order valence-electron chi connectivity index (χ0n) is 10.6. The first-order valence-electron chi connectivity index (χ1n) is 6.48. The maximum atomic E-state index is 12.0. The fraction of sp³-hybridized carbons (Fsp3) is 0.500. The number of carbonyl (C=O) groups is 1. The van der Waals surface area contributed by atoms with Gasteiger partial charge in [-0.3, -0.25) is 4.79 Å². The third-order valence-electron chi connectivity index (χ3n) is 3.26. The van der Waals surface area contributed by atoms with E-state index in [1.807, 2.05) is 0 Å². The number of hydrogen-bond acceptors (Lipinski definition) is 3. The van der Waals surface area contributed by atoms with E-state index < -0.39 is 12.8 Å². The van der Waals surface area contributed by atoms with Gasteiger partial charge in [-0.15, -0.1) is 0 Å². The van der Waals surface area contributed by atoms with Crippen LogP contribution in [0.15, 0.2) is 24.3 Å². The molecular weight excluding hydrogens is 249 g/mol. The summed E-state index contributed by atoms with van der Waals surface area (Å²) >= 11 is 0. The Kier molecular flexibility index (Phi) is 4.74. The molecule has 1 aliphatic carbocycles. The molecule has 0 heterocycles. The topological polar surface area (TPSA) is 58.6 Å². The zero-order chi connectivity index (χ0) is 13.7. The summed E-state index contributed by atoms with van der Waals surface area (Å²) in [6, 6.07) is 6.82. The number of aliphatic hydroxyl groups excluding tert-OH is 1. The van der Waals surface area contributed by atoms with Crippen LogP contribution in [0.2, 0.25) is 0 Å². The quantitative estimate of drug-likeness (QED) is 0.859. The number of alkyl halides is 1. The molecule has 2 rings (SSSR count). The van der Waals surface area contributed by atoms with Gasteiger partial charge >= 0.3 is 0 Å². The van der Waals surface area contributed by atoms with Crippen LogP contribution in [-0.2, 0) is 4.79 Å². The molecular formula is C14H18FNO3. The molecule has 0 aliphatic heterocycles. The van der Waals surface area contributed by atoms with Crippen molar-refractivity contribution in [2.45, 2.75) is 25.4 Å². The van der Waals surface area contributed by atoms with Crippen molar-refractivity contribution in [1.82, 2.24) is 0 Å². The van der Waals surface area contributed by atoms with Crippen LogP contribution in [0, 0.1) is 5.92 Å². The maximum absolute atomic E-state index is 12.0. The number of amides is 1. The Bertz CT molecular complexity index is 438. The summed E-state index contributed by atoms with van der Waals surface area (Å²) in [7, 11) is 0. The summed E-state index contributed by atoms with van der Waals surface area (Å²) in [6.07, 6.45) is 1.72. The normalized spacial score (nSPS) is 22.2. The number of rotatable bonds is 5. The van der Waals surface area contributed by atoms with Crippen LogP contribution in [0.5, 0.6) is 5.75 Å². The molecule has 104 valence electrons. The van der Waals surface area contributed by atoms with Gasteiger partial charge in [-0.1, -0.05) is 6.07 Å². The smallest absolute Gasteiger partial charge is 0.230 e. The molecule has 1 aliphatic rings. The standard InChI is InChI=1S/C14H18FNO3/c15-7-8-19-11-4-1-3-10(9-11)16-14(18)12-5-2-6-13(12)17/h1,3-4,9,12-13,17H,2,5-8H2,(H,16,18). The lowest BCUT2D eigenvalue weighted by atomic mass is 10.1. The van der Waals surface area contributed by atoms with Gasteiger partial charge in [0.2, 0.25) is 5.91 Å². The van der Waals surface area contributed by atoms with Crippen molar-refractivity contribution in [2.75, 3.05) is 18.6 Å². The van der Waals surface area contributed by atoms with Crippen molar-refractivity contribution in [1.29, 1.82) is 0 Å². The van der Waals surface area contributed by atoms with E-state index in [9.17, 15) is 14.3 Å². The lowest BCUT2D eigenvalue weighted by Crippen LogP contribution is -2.28. The first-order valence-corrected chi connectivity index (χ1v) is 6.48. The second-order valence-electron chi connectivity index (χ2n) is 4.66. The molecule has 2 N–H and O–H groups in total. The van der Waals surface area contributed by atoms with Crippen molar-refractivity contribution in [3.63, 3.8) is 0 Å². The minimum atomic E-state index is -0.551. The molecule has 2 unspecified atom stereocenters. The van der Waals surface area contributed by atoms with Crippen LogP contribution in [-0.4, -0.2) is 30.4 Å². The molecule has 1 aromatic carbocycles. The van der Waals surface area contributed by atoms with Gasteiger partial charge in [0.05, 0.1) is 12.0 Å². The first kappa shape index (κ1) is 13.8. The van der Waals surface area contributed by atoms with Crippen LogP contribution in [0.25, 0.3) is 0 Å². The minimum absolute atomic E-state index is 0.00125. The van der Waals surface area contributed by atoms with Crippen LogP contribution in [0.3, 0.4) is 0 Å². The Hall–Kier alpha value is -1.62. The highest BCUT2D eigenvalue weighted by Gasteiger charge is 2.31. The van der Waals surface area contributed by atoms with Crippen molar-refractivity contribution < 1.29 is 19.0 Å². The van der Waals surface area contributed by atoms with Crippen molar-refractivity contribution in [3.8, 4) is 5.75 Å². The number of aliphatic hydroxyl groups is 1. The Morgan fingerprint density at radius 3 is 3.00 bits per heavy atom. The molecule has 0 aromatic heterocycles. The van der Waals surface area contributed by atoms with E-state index in [-0.39, 0.29) is 18.4 Å². The van der Waals surface area contributed by atoms with Crippen LogP contribution in [0.1, 0.15) is 19.3 Å². The number of ether oxygens (including phenoxy) is 1. The Balaban J connectivity index is 1.96. The number of nitrogens with one attached hydrogen (secondary N) is 1. The molecule has 0 spiro atoms. The highest BCUT2D eigenvalue weighted by atomic mass is 19.1. The van der Waals surface area contributed by atoms with E-state index in [1.165, 1.54) is 0 Å². The summed E-state index contributed by atoms with van der Waals surface area (Å²) in [4.78, 5) is 12.0. The van der Waals surface area contributed by atoms with Gasteiger partial charge in [0, 0.05) is 11.8 Å². The maximum Gasteiger partial charge on any atom is 0.230 e. The molecule has 1 saturated carbocycles. The molecule has 5 heteroatoms. The fourth-order valence-electron chi connectivity index (χ4n) is 2.30. The number of halogens is 1. The molecule has 0 bridgehead atoms. The summed E-state index contributed by atoms with van der Waals surface area (Å²) in [6.45, 7) is -0.552.